The third-order valence-corrected chi connectivity index (χ3v) is 3.24. The van der Waals surface area contributed by atoms with Crippen LogP contribution in [0, 0.1) is 5.82 Å². The van der Waals surface area contributed by atoms with Gasteiger partial charge < -0.3 is 10.5 Å². The second-order valence-corrected chi connectivity index (χ2v) is 4.79. The van der Waals surface area contributed by atoms with Crippen molar-refractivity contribution >= 4 is 0 Å². The summed E-state index contributed by atoms with van der Waals surface area (Å²) in [5.74, 6) is -0.860. The average molecular weight is 313 g/mol. The minimum absolute atomic E-state index is 0.0115. The summed E-state index contributed by atoms with van der Waals surface area (Å²) in [4.78, 5) is 0. The summed E-state index contributed by atoms with van der Waals surface area (Å²) >= 11 is 0. The monoisotopic (exact) mass is 313 g/mol. The van der Waals surface area contributed by atoms with E-state index in [9.17, 15) is 17.6 Å². The van der Waals surface area contributed by atoms with Gasteiger partial charge >= 0.3 is 6.18 Å². The Bertz CT molecular complexity index is 628. The van der Waals surface area contributed by atoms with Crippen molar-refractivity contribution in [2.45, 2.75) is 12.1 Å². The Morgan fingerprint density at radius 1 is 1.05 bits per heavy atom. The van der Waals surface area contributed by atoms with E-state index in [2.05, 4.69) is 0 Å². The van der Waals surface area contributed by atoms with Crippen LogP contribution in [0.2, 0.25) is 0 Å². The van der Waals surface area contributed by atoms with Gasteiger partial charge in [0.25, 0.3) is 0 Å². The van der Waals surface area contributed by atoms with E-state index < -0.39 is 23.5 Å². The molecule has 0 radical (unpaired) electrons. The van der Waals surface area contributed by atoms with Gasteiger partial charge in [-0.25, -0.2) is 4.39 Å². The van der Waals surface area contributed by atoms with Gasteiger partial charge in [0.1, 0.15) is 11.6 Å². The lowest BCUT2D eigenvalue weighted by Gasteiger charge is -2.20. The molecule has 2 nitrogen and oxygen atoms in total. The van der Waals surface area contributed by atoms with E-state index in [1.807, 2.05) is 0 Å². The Morgan fingerprint density at radius 2 is 1.77 bits per heavy atom. The minimum Gasteiger partial charge on any atom is -0.493 e. The standard InChI is InChI=1S/C16H15F4NO/c17-12-4-3-5-13(8-12)22-10-11(9-21)14-6-1-2-7-15(14)16(18,19)20/h1-8,11H,9-10,21H2. The SMILES string of the molecule is NCC(COc1cccc(F)c1)c1ccccc1C(F)(F)F. The Labute approximate surface area is 125 Å². The van der Waals surface area contributed by atoms with Crippen LogP contribution in [0.3, 0.4) is 0 Å². The topological polar surface area (TPSA) is 35.2 Å². The van der Waals surface area contributed by atoms with Gasteiger partial charge in [0.2, 0.25) is 0 Å². The fraction of sp³-hybridized carbons (Fsp3) is 0.250. The summed E-state index contributed by atoms with van der Waals surface area (Å²) in [6.07, 6.45) is -4.46. The van der Waals surface area contributed by atoms with Crippen molar-refractivity contribution in [2.75, 3.05) is 13.2 Å². The van der Waals surface area contributed by atoms with E-state index in [0.29, 0.717) is 0 Å². The zero-order valence-electron chi connectivity index (χ0n) is 11.6. The van der Waals surface area contributed by atoms with E-state index in [1.54, 1.807) is 0 Å². The van der Waals surface area contributed by atoms with Gasteiger partial charge in [0.15, 0.2) is 0 Å². The molecule has 118 valence electrons. The van der Waals surface area contributed by atoms with Gasteiger partial charge in [-0.05, 0) is 23.8 Å². The Hall–Kier alpha value is -2.08. The maximum absolute atomic E-state index is 13.1. The van der Waals surface area contributed by atoms with E-state index >= 15 is 0 Å². The molecule has 2 aromatic rings. The molecule has 2 rings (SSSR count). The van der Waals surface area contributed by atoms with Crippen molar-refractivity contribution in [3.05, 3.63) is 65.5 Å². The van der Waals surface area contributed by atoms with Crippen LogP contribution in [0.25, 0.3) is 0 Å². The van der Waals surface area contributed by atoms with Crippen molar-refractivity contribution < 1.29 is 22.3 Å². The van der Waals surface area contributed by atoms with Crippen LogP contribution in [0.1, 0.15) is 17.0 Å². The summed E-state index contributed by atoms with van der Waals surface area (Å²) in [6.45, 7) is -0.0740. The molecule has 1 atom stereocenters. The van der Waals surface area contributed by atoms with E-state index in [0.717, 1.165) is 6.07 Å². The van der Waals surface area contributed by atoms with Crippen LogP contribution >= 0.6 is 0 Å². The third kappa shape index (κ3) is 3.98. The van der Waals surface area contributed by atoms with Crippen LogP contribution in [-0.2, 0) is 6.18 Å². The molecule has 0 aromatic heterocycles. The maximum atomic E-state index is 13.1. The van der Waals surface area contributed by atoms with Gasteiger partial charge in [-0.3, -0.25) is 0 Å². The normalized spacial score (nSPS) is 13.0. The van der Waals surface area contributed by atoms with Crippen LogP contribution in [0.15, 0.2) is 48.5 Å². The Morgan fingerprint density at radius 3 is 2.41 bits per heavy atom. The maximum Gasteiger partial charge on any atom is 0.416 e. The molecular formula is C16H15F4NO. The molecule has 2 aromatic carbocycles. The first kappa shape index (κ1) is 16.3. The zero-order valence-corrected chi connectivity index (χ0v) is 11.6. The summed E-state index contributed by atoms with van der Waals surface area (Å²) in [5.41, 5.74) is 4.94. The Balaban J connectivity index is 2.19. The smallest absolute Gasteiger partial charge is 0.416 e. The number of ether oxygens (including phenoxy) is 1. The predicted octanol–water partition coefficient (Wildman–Crippen LogP) is 3.97. The van der Waals surface area contributed by atoms with E-state index in [-0.39, 0.29) is 24.5 Å². The molecule has 22 heavy (non-hydrogen) atoms. The number of nitrogens with two attached hydrogens (primary N) is 1. The quantitative estimate of drug-likeness (QED) is 0.848. The summed E-state index contributed by atoms with van der Waals surface area (Å²) in [7, 11) is 0. The van der Waals surface area contributed by atoms with Gasteiger partial charge in [0, 0.05) is 18.5 Å². The molecule has 0 saturated heterocycles. The van der Waals surface area contributed by atoms with E-state index in [4.69, 9.17) is 10.5 Å². The van der Waals surface area contributed by atoms with Gasteiger partial charge in [0.05, 0.1) is 12.2 Å². The highest BCUT2D eigenvalue weighted by atomic mass is 19.4. The van der Waals surface area contributed by atoms with Crippen molar-refractivity contribution in [3.8, 4) is 5.75 Å². The molecular weight excluding hydrogens is 298 g/mol. The highest BCUT2D eigenvalue weighted by Crippen LogP contribution is 2.35. The van der Waals surface area contributed by atoms with E-state index in [1.165, 1.54) is 42.5 Å². The molecule has 0 heterocycles. The second kappa shape index (κ2) is 6.79. The van der Waals surface area contributed by atoms with Gasteiger partial charge in [-0.2, -0.15) is 13.2 Å². The van der Waals surface area contributed by atoms with Crippen LogP contribution in [-0.4, -0.2) is 13.2 Å². The molecule has 2 N–H and O–H groups in total. The van der Waals surface area contributed by atoms with Crippen molar-refractivity contribution in [2.24, 2.45) is 5.73 Å². The van der Waals surface area contributed by atoms with Crippen molar-refractivity contribution in [1.29, 1.82) is 0 Å². The average Bonchev–Trinajstić information content (AvgIpc) is 2.47. The first-order chi connectivity index (χ1) is 10.4. The summed E-state index contributed by atoms with van der Waals surface area (Å²) < 4.78 is 57.5. The number of halogens is 4. The molecule has 1 unspecified atom stereocenters. The number of benzene rings is 2. The van der Waals surface area contributed by atoms with Crippen LogP contribution in [0.5, 0.6) is 5.75 Å². The second-order valence-electron chi connectivity index (χ2n) is 4.79. The largest absolute Gasteiger partial charge is 0.493 e. The van der Waals surface area contributed by atoms with Crippen molar-refractivity contribution in [3.63, 3.8) is 0 Å². The number of alkyl halides is 3. The highest BCUT2D eigenvalue weighted by Gasteiger charge is 2.34. The molecule has 0 fully saturated rings. The minimum atomic E-state index is -4.46. The lowest BCUT2D eigenvalue weighted by Crippen LogP contribution is -2.23. The van der Waals surface area contributed by atoms with Crippen LogP contribution in [0.4, 0.5) is 17.6 Å². The summed E-state index contributed by atoms with van der Waals surface area (Å²) in [6, 6.07) is 10.7. The zero-order chi connectivity index (χ0) is 16.2. The molecule has 0 saturated carbocycles. The third-order valence-electron chi connectivity index (χ3n) is 3.24. The molecule has 0 spiro atoms. The summed E-state index contributed by atoms with van der Waals surface area (Å²) in [5, 5.41) is 0. The molecule has 0 bridgehead atoms. The number of hydrogen-bond acceptors (Lipinski definition) is 2. The molecule has 6 heteroatoms. The molecule has 0 aliphatic heterocycles. The van der Waals surface area contributed by atoms with Gasteiger partial charge in [-0.15, -0.1) is 0 Å². The number of hydrogen-bond donors (Lipinski definition) is 1. The number of rotatable bonds is 5. The first-order valence-corrected chi connectivity index (χ1v) is 6.66. The molecule has 0 aliphatic carbocycles. The lowest BCUT2D eigenvalue weighted by molar-refractivity contribution is -0.138. The highest BCUT2D eigenvalue weighted by molar-refractivity contribution is 5.33. The van der Waals surface area contributed by atoms with Gasteiger partial charge in [-0.1, -0.05) is 24.3 Å². The van der Waals surface area contributed by atoms with Crippen molar-refractivity contribution in [1.82, 2.24) is 0 Å². The Kier molecular flexibility index (Phi) is 5.03. The molecule has 0 aliphatic rings. The fourth-order valence-corrected chi connectivity index (χ4v) is 2.15. The lowest BCUT2D eigenvalue weighted by atomic mass is 9.94. The fourth-order valence-electron chi connectivity index (χ4n) is 2.15. The predicted molar refractivity (Wildman–Crippen MR) is 75.1 cm³/mol. The molecule has 0 amide bonds. The first-order valence-electron chi connectivity index (χ1n) is 6.66. The van der Waals surface area contributed by atoms with Crippen LogP contribution < -0.4 is 10.5 Å².